The third-order valence-electron chi connectivity index (χ3n) is 1.45. The fraction of sp³-hybridized carbons (Fsp3) is 0.286. The lowest BCUT2D eigenvalue weighted by Crippen LogP contribution is -2.09. The van der Waals surface area contributed by atoms with Crippen molar-refractivity contribution >= 4 is 10.1 Å². The zero-order valence-corrected chi connectivity index (χ0v) is 8.01. The van der Waals surface area contributed by atoms with Crippen LogP contribution in [0.25, 0.3) is 0 Å². The number of hydrogen-bond donors (Lipinski definition) is 0. The molecule has 14 heavy (non-hydrogen) atoms. The number of rotatable bonds is 3. The Bertz CT molecular complexity index is 433. The summed E-state index contributed by atoms with van der Waals surface area (Å²) in [5.74, 6) is -2.60. The molecule has 4 nitrogen and oxygen atoms in total. The van der Waals surface area contributed by atoms with E-state index >= 15 is 0 Å². The Morgan fingerprint density at radius 2 is 2.07 bits per heavy atom. The van der Waals surface area contributed by atoms with E-state index in [-0.39, 0.29) is 0 Å². The van der Waals surface area contributed by atoms with Crippen LogP contribution in [0.1, 0.15) is 5.69 Å². The molecule has 0 saturated carbocycles. The molecule has 0 radical (unpaired) electrons. The summed E-state index contributed by atoms with van der Waals surface area (Å²) in [6.45, 7) is 0. The highest BCUT2D eigenvalue weighted by Gasteiger charge is 2.15. The van der Waals surface area contributed by atoms with Crippen LogP contribution in [-0.4, -0.2) is 20.5 Å². The quantitative estimate of drug-likeness (QED) is 0.562. The topological polar surface area (TPSA) is 56.3 Å². The molecule has 1 aromatic heterocycles. The molecule has 0 bridgehead atoms. The summed E-state index contributed by atoms with van der Waals surface area (Å²) < 4.78 is 51.2. The molecular weight excluding hydrogens is 216 g/mol. The molecule has 0 spiro atoms. The van der Waals surface area contributed by atoms with Crippen LogP contribution >= 0.6 is 0 Å². The number of pyridine rings is 1. The predicted molar refractivity (Wildman–Crippen MR) is 43.8 cm³/mol. The van der Waals surface area contributed by atoms with E-state index in [1.807, 2.05) is 0 Å². The van der Waals surface area contributed by atoms with Gasteiger partial charge in [0, 0.05) is 0 Å². The van der Waals surface area contributed by atoms with Gasteiger partial charge >= 0.3 is 0 Å². The average molecular weight is 223 g/mol. The highest BCUT2D eigenvalue weighted by Crippen LogP contribution is 2.09. The van der Waals surface area contributed by atoms with E-state index in [1.54, 1.807) is 0 Å². The van der Waals surface area contributed by atoms with Gasteiger partial charge < -0.3 is 0 Å². The van der Waals surface area contributed by atoms with E-state index in [1.165, 1.54) is 0 Å². The summed E-state index contributed by atoms with van der Waals surface area (Å²) in [6, 6.07) is 1.61. The van der Waals surface area contributed by atoms with Crippen LogP contribution in [-0.2, 0) is 20.1 Å². The van der Waals surface area contributed by atoms with Gasteiger partial charge in [0.05, 0.1) is 12.8 Å². The van der Waals surface area contributed by atoms with Gasteiger partial charge in [-0.25, -0.2) is 9.37 Å². The third kappa shape index (κ3) is 2.71. The zero-order chi connectivity index (χ0) is 10.8. The molecule has 0 N–H and O–H groups in total. The number of halogens is 2. The lowest BCUT2D eigenvalue weighted by molar-refractivity contribution is 0.395. The summed E-state index contributed by atoms with van der Waals surface area (Å²) >= 11 is 0. The third-order valence-corrected chi connectivity index (χ3v) is 2.59. The van der Waals surface area contributed by atoms with E-state index < -0.39 is 33.3 Å². The monoisotopic (exact) mass is 223 g/mol. The Labute approximate surface area is 79.7 Å². The highest BCUT2D eigenvalue weighted by atomic mass is 32.2. The summed E-state index contributed by atoms with van der Waals surface area (Å²) in [5.41, 5.74) is -0.494. The van der Waals surface area contributed by atoms with E-state index in [9.17, 15) is 17.2 Å². The molecule has 78 valence electrons. The highest BCUT2D eigenvalue weighted by molar-refractivity contribution is 7.85. The van der Waals surface area contributed by atoms with E-state index in [0.29, 0.717) is 0 Å². The molecule has 0 aliphatic heterocycles. The Hall–Kier alpha value is -1.08. The van der Waals surface area contributed by atoms with Crippen LogP contribution < -0.4 is 0 Å². The average Bonchev–Trinajstić information content (AvgIpc) is 2.11. The molecule has 0 unspecified atom stereocenters. The zero-order valence-electron chi connectivity index (χ0n) is 7.20. The summed E-state index contributed by atoms with van der Waals surface area (Å²) in [6.07, 6.45) is 0. The van der Waals surface area contributed by atoms with Gasteiger partial charge in [0.1, 0.15) is 11.6 Å². The molecule has 0 aliphatic rings. The van der Waals surface area contributed by atoms with Crippen LogP contribution in [0.3, 0.4) is 0 Å². The van der Waals surface area contributed by atoms with Crippen LogP contribution in [0.4, 0.5) is 8.78 Å². The maximum absolute atomic E-state index is 12.9. The lowest BCUT2D eigenvalue weighted by Gasteiger charge is -2.01. The van der Waals surface area contributed by atoms with Gasteiger partial charge in [-0.15, -0.1) is 0 Å². The molecule has 7 heteroatoms. The van der Waals surface area contributed by atoms with Crippen LogP contribution in [0.2, 0.25) is 0 Å². The van der Waals surface area contributed by atoms with Crippen molar-refractivity contribution in [2.45, 2.75) is 5.75 Å². The molecule has 0 aromatic carbocycles. The minimum Gasteiger partial charge on any atom is -0.273 e. The smallest absolute Gasteiger partial charge is 0.272 e. The Balaban J connectivity index is 3.03. The van der Waals surface area contributed by atoms with Gasteiger partial charge in [0.25, 0.3) is 10.1 Å². The van der Waals surface area contributed by atoms with Crippen LogP contribution in [0.15, 0.2) is 12.1 Å². The predicted octanol–water partition coefficient (Wildman–Crippen LogP) is 0.836. The Morgan fingerprint density at radius 1 is 1.43 bits per heavy atom. The van der Waals surface area contributed by atoms with Crippen molar-refractivity contribution < 1.29 is 21.4 Å². The number of nitrogens with zero attached hydrogens (tertiary/aromatic N) is 1. The molecule has 1 aromatic rings. The summed E-state index contributed by atoms with van der Waals surface area (Å²) in [5, 5.41) is 0. The van der Waals surface area contributed by atoms with Gasteiger partial charge in [-0.2, -0.15) is 12.8 Å². The van der Waals surface area contributed by atoms with Crippen molar-refractivity contribution in [1.29, 1.82) is 0 Å². The minimum absolute atomic E-state index is 0.494. The minimum atomic E-state index is -3.88. The molecule has 1 heterocycles. The van der Waals surface area contributed by atoms with Crippen molar-refractivity contribution in [2.75, 3.05) is 7.11 Å². The van der Waals surface area contributed by atoms with Crippen molar-refractivity contribution in [1.82, 2.24) is 4.98 Å². The van der Waals surface area contributed by atoms with Crippen LogP contribution in [0.5, 0.6) is 0 Å². The maximum atomic E-state index is 12.9. The molecule has 0 amide bonds. The van der Waals surface area contributed by atoms with E-state index in [4.69, 9.17) is 0 Å². The fourth-order valence-electron chi connectivity index (χ4n) is 0.785. The number of hydrogen-bond acceptors (Lipinski definition) is 4. The lowest BCUT2D eigenvalue weighted by atomic mass is 10.4. The van der Waals surface area contributed by atoms with Gasteiger partial charge in [-0.3, -0.25) is 4.18 Å². The molecule has 0 aliphatic carbocycles. The molecule has 0 saturated heterocycles. The van der Waals surface area contributed by atoms with Gasteiger partial charge in [-0.05, 0) is 12.1 Å². The normalized spacial score (nSPS) is 11.6. The molecule has 1 rings (SSSR count). The first kappa shape index (κ1) is 11.0. The SMILES string of the molecule is COS(=O)(=O)Cc1nc(F)ccc1F. The Kier molecular flexibility index (Phi) is 3.12. The van der Waals surface area contributed by atoms with Crippen LogP contribution in [0, 0.1) is 11.8 Å². The Morgan fingerprint density at radius 3 is 2.64 bits per heavy atom. The largest absolute Gasteiger partial charge is 0.273 e. The first-order valence-corrected chi connectivity index (χ1v) is 5.11. The standard InChI is InChI=1S/C7H7F2NO3S/c1-13-14(11,12)4-6-5(8)2-3-7(9)10-6/h2-3H,4H2,1H3. The number of aromatic nitrogens is 1. The van der Waals surface area contributed by atoms with Gasteiger partial charge in [0.2, 0.25) is 5.95 Å². The first-order valence-electron chi connectivity index (χ1n) is 3.54. The first-order chi connectivity index (χ1) is 6.44. The summed E-state index contributed by atoms with van der Waals surface area (Å²) in [4.78, 5) is 3.11. The summed E-state index contributed by atoms with van der Waals surface area (Å²) in [7, 11) is -2.94. The maximum Gasteiger partial charge on any atom is 0.272 e. The molecular formula is C7H7F2NO3S. The van der Waals surface area contributed by atoms with Gasteiger partial charge in [-0.1, -0.05) is 0 Å². The van der Waals surface area contributed by atoms with Crippen molar-refractivity contribution in [2.24, 2.45) is 0 Å². The second-order valence-corrected chi connectivity index (χ2v) is 4.17. The van der Waals surface area contributed by atoms with E-state index in [2.05, 4.69) is 9.17 Å². The van der Waals surface area contributed by atoms with Gasteiger partial charge in [0.15, 0.2) is 0 Å². The van der Waals surface area contributed by atoms with Crippen molar-refractivity contribution in [3.05, 3.63) is 29.6 Å². The van der Waals surface area contributed by atoms with Crippen molar-refractivity contribution in [3.63, 3.8) is 0 Å². The van der Waals surface area contributed by atoms with Crippen molar-refractivity contribution in [3.8, 4) is 0 Å². The fourth-order valence-corrected chi connectivity index (χ4v) is 1.44. The molecule has 0 fully saturated rings. The second kappa shape index (κ2) is 3.97. The molecule has 0 atom stereocenters. The second-order valence-electron chi connectivity index (χ2n) is 2.43. The van der Waals surface area contributed by atoms with E-state index in [0.717, 1.165) is 19.2 Å².